The van der Waals surface area contributed by atoms with Crippen molar-refractivity contribution in [3.63, 3.8) is 0 Å². The van der Waals surface area contributed by atoms with E-state index in [-0.39, 0.29) is 34.2 Å². The molecule has 33 heavy (non-hydrogen) atoms. The van der Waals surface area contributed by atoms with Crippen molar-refractivity contribution < 1.29 is 14.4 Å². The molecule has 1 fully saturated rings. The molecule has 3 amide bonds. The topological polar surface area (TPSA) is 131 Å². The molecule has 0 spiro atoms. The summed E-state index contributed by atoms with van der Waals surface area (Å²) >= 11 is 12.4. The van der Waals surface area contributed by atoms with Crippen LogP contribution in [0.5, 0.6) is 0 Å². The number of para-hydroxylation sites is 1. The van der Waals surface area contributed by atoms with Crippen LogP contribution in [0.4, 0.5) is 4.79 Å². The highest BCUT2D eigenvalue weighted by Gasteiger charge is 2.29. The molecule has 0 aliphatic heterocycles. The van der Waals surface area contributed by atoms with Crippen molar-refractivity contribution in [2.75, 3.05) is 19.6 Å². The molecule has 1 saturated carbocycles. The van der Waals surface area contributed by atoms with Crippen molar-refractivity contribution in [2.45, 2.75) is 44.6 Å². The molecule has 1 aromatic heterocycles. The number of hydrogen-bond donors (Lipinski definition) is 2. The van der Waals surface area contributed by atoms with E-state index in [0.29, 0.717) is 30.6 Å². The normalized spacial score (nSPS) is 14.0. The summed E-state index contributed by atoms with van der Waals surface area (Å²) in [6, 6.07) is 4.12. The van der Waals surface area contributed by atoms with Gasteiger partial charge in [0.15, 0.2) is 0 Å². The highest BCUT2D eigenvalue weighted by molar-refractivity contribution is 6.37. The second-order valence-electron chi connectivity index (χ2n) is 7.63. The SMILES string of the molecule is O=CNCC(=O)NCCCN(C(=O)n1nnn(-c2c(Cl)cccc2Cl)c1=O)C1CCCCC1. The van der Waals surface area contributed by atoms with Crippen LogP contribution in [-0.4, -0.2) is 68.7 Å². The van der Waals surface area contributed by atoms with E-state index >= 15 is 0 Å². The van der Waals surface area contributed by atoms with E-state index in [0.717, 1.165) is 36.8 Å². The van der Waals surface area contributed by atoms with E-state index in [1.165, 1.54) is 0 Å². The van der Waals surface area contributed by atoms with Crippen LogP contribution in [0.1, 0.15) is 38.5 Å². The summed E-state index contributed by atoms with van der Waals surface area (Å²) in [7, 11) is 0. The smallest absolute Gasteiger partial charge is 0.355 e. The molecule has 0 radical (unpaired) electrons. The van der Waals surface area contributed by atoms with Crippen LogP contribution in [0.3, 0.4) is 0 Å². The van der Waals surface area contributed by atoms with Crippen LogP contribution >= 0.6 is 23.2 Å². The van der Waals surface area contributed by atoms with Crippen LogP contribution in [0.15, 0.2) is 23.0 Å². The van der Waals surface area contributed by atoms with Crippen LogP contribution in [0.25, 0.3) is 5.69 Å². The molecule has 11 nitrogen and oxygen atoms in total. The number of rotatable bonds is 9. The third kappa shape index (κ3) is 6.11. The van der Waals surface area contributed by atoms with E-state index in [4.69, 9.17) is 23.2 Å². The van der Waals surface area contributed by atoms with Gasteiger partial charge in [-0.15, -0.1) is 4.68 Å². The van der Waals surface area contributed by atoms with Gasteiger partial charge < -0.3 is 15.5 Å². The third-order valence-corrected chi connectivity index (χ3v) is 6.03. The molecule has 1 heterocycles. The lowest BCUT2D eigenvalue weighted by atomic mass is 9.94. The Morgan fingerprint density at radius 3 is 2.52 bits per heavy atom. The maximum Gasteiger partial charge on any atom is 0.377 e. The highest BCUT2D eigenvalue weighted by atomic mass is 35.5. The summed E-state index contributed by atoms with van der Waals surface area (Å²) in [6.07, 6.45) is 5.62. The fraction of sp³-hybridized carbons (Fsp3) is 0.500. The van der Waals surface area contributed by atoms with Crippen LogP contribution in [-0.2, 0) is 9.59 Å². The predicted octanol–water partition coefficient (Wildman–Crippen LogP) is 1.59. The lowest BCUT2D eigenvalue weighted by molar-refractivity contribution is -0.122. The van der Waals surface area contributed by atoms with Crippen LogP contribution in [0, 0.1) is 0 Å². The molecular formula is C20H25Cl2N7O4. The number of aromatic nitrogens is 4. The molecule has 178 valence electrons. The number of nitrogens with one attached hydrogen (secondary N) is 2. The number of hydrogen-bond acceptors (Lipinski definition) is 6. The van der Waals surface area contributed by atoms with Crippen molar-refractivity contribution >= 4 is 41.6 Å². The maximum absolute atomic E-state index is 13.3. The summed E-state index contributed by atoms with van der Waals surface area (Å²) in [4.78, 5) is 49.8. The standard InChI is InChI=1S/C20H25Cl2N7O4/c21-15-8-4-9-16(22)18(15)28-20(33)29(26-25-28)19(32)27(14-6-2-1-3-7-14)11-5-10-24-17(31)12-23-13-30/h4,8-9,13-14H,1-3,5-7,10-12H2,(H,23,30)(H,24,31). The molecule has 13 heteroatoms. The van der Waals surface area contributed by atoms with Crippen molar-refractivity contribution in [1.29, 1.82) is 0 Å². The summed E-state index contributed by atoms with van der Waals surface area (Å²) in [6.45, 7) is 0.515. The fourth-order valence-electron chi connectivity index (χ4n) is 3.82. The number of carbonyl (C=O) groups excluding carboxylic acids is 3. The Morgan fingerprint density at radius 1 is 1.15 bits per heavy atom. The lowest BCUT2D eigenvalue weighted by Crippen LogP contribution is -2.48. The molecule has 0 atom stereocenters. The largest absolute Gasteiger partial charge is 0.377 e. The zero-order chi connectivity index (χ0) is 23.8. The highest BCUT2D eigenvalue weighted by Crippen LogP contribution is 2.26. The Bertz CT molecular complexity index is 1030. The molecule has 0 unspecified atom stereocenters. The van der Waals surface area contributed by atoms with Gasteiger partial charge in [0.2, 0.25) is 12.3 Å². The summed E-state index contributed by atoms with van der Waals surface area (Å²) in [5.74, 6) is -0.326. The van der Waals surface area contributed by atoms with Crippen molar-refractivity contribution in [3.8, 4) is 5.69 Å². The lowest BCUT2D eigenvalue weighted by Gasteiger charge is -2.33. The Hall–Kier alpha value is -2.92. The Labute approximate surface area is 200 Å². The minimum atomic E-state index is -0.774. The third-order valence-electron chi connectivity index (χ3n) is 5.42. The minimum Gasteiger partial charge on any atom is -0.355 e. The summed E-state index contributed by atoms with van der Waals surface area (Å²) in [5.41, 5.74) is -0.621. The van der Waals surface area contributed by atoms with Gasteiger partial charge in [0.25, 0.3) is 0 Å². The first-order valence-electron chi connectivity index (χ1n) is 10.7. The Morgan fingerprint density at radius 2 is 1.85 bits per heavy atom. The molecule has 1 aromatic carbocycles. The Kier molecular flexibility index (Phi) is 8.84. The first-order valence-corrected chi connectivity index (χ1v) is 11.4. The van der Waals surface area contributed by atoms with E-state index in [1.807, 2.05) is 0 Å². The van der Waals surface area contributed by atoms with Gasteiger partial charge in [-0.25, -0.2) is 9.59 Å². The van der Waals surface area contributed by atoms with Gasteiger partial charge in [-0.1, -0.05) is 48.5 Å². The first kappa shape index (κ1) is 24.7. The van der Waals surface area contributed by atoms with E-state index in [2.05, 4.69) is 21.1 Å². The molecule has 2 aromatic rings. The number of nitrogens with zero attached hydrogens (tertiary/aromatic N) is 5. The van der Waals surface area contributed by atoms with E-state index in [1.54, 1.807) is 23.1 Å². The van der Waals surface area contributed by atoms with Gasteiger partial charge in [-0.2, -0.15) is 4.68 Å². The zero-order valence-corrected chi connectivity index (χ0v) is 19.4. The summed E-state index contributed by atoms with van der Waals surface area (Å²) < 4.78 is 1.61. The Balaban J connectivity index is 1.76. The summed E-state index contributed by atoms with van der Waals surface area (Å²) in [5, 5.41) is 13.0. The first-order chi connectivity index (χ1) is 15.9. The van der Waals surface area contributed by atoms with Gasteiger partial charge in [0.1, 0.15) is 5.69 Å². The van der Waals surface area contributed by atoms with Gasteiger partial charge in [-0.05, 0) is 41.8 Å². The predicted molar refractivity (Wildman–Crippen MR) is 122 cm³/mol. The van der Waals surface area contributed by atoms with Crippen molar-refractivity contribution in [3.05, 3.63) is 38.7 Å². The van der Waals surface area contributed by atoms with Gasteiger partial charge >= 0.3 is 11.7 Å². The molecule has 1 aliphatic carbocycles. The number of carbonyl (C=O) groups is 3. The molecule has 0 bridgehead atoms. The second-order valence-corrected chi connectivity index (χ2v) is 8.44. The van der Waals surface area contributed by atoms with Crippen LogP contribution < -0.4 is 16.3 Å². The number of tetrazole rings is 1. The van der Waals surface area contributed by atoms with E-state index in [9.17, 15) is 19.2 Å². The van der Waals surface area contributed by atoms with Gasteiger partial charge in [-0.3, -0.25) is 9.59 Å². The number of benzene rings is 1. The van der Waals surface area contributed by atoms with Crippen LogP contribution in [0.2, 0.25) is 10.0 Å². The number of halogens is 2. The van der Waals surface area contributed by atoms with Crippen molar-refractivity contribution in [1.82, 2.24) is 35.3 Å². The maximum atomic E-state index is 13.3. The zero-order valence-electron chi connectivity index (χ0n) is 17.9. The number of amides is 3. The molecule has 3 rings (SSSR count). The minimum absolute atomic E-state index is 0.0420. The molecule has 2 N–H and O–H groups in total. The quantitative estimate of drug-likeness (QED) is 0.307. The van der Waals surface area contributed by atoms with Gasteiger partial charge in [0, 0.05) is 19.1 Å². The average molecular weight is 498 g/mol. The van der Waals surface area contributed by atoms with Crippen molar-refractivity contribution in [2.24, 2.45) is 0 Å². The monoisotopic (exact) mass is 497 g/mol. The molecule has 1 aliphatic rings. The van der Waals surface area contributed by atoms with Gasteiger partial charge in [0.05, 0.1) is 16.6 Å². The second kappa shape index (κ2) is 11.8. The molecule has 0 saturated heterocycles. The van der Waals surface area contributed by atoms with E-state index < -0.39 is 11.7 Å². The average Bonchev–Trinajstić information content (AvgIpc) is 3.18. The molecular weight excluding hydrogens is 473 g/mol. The fourth-order valence-corrected chi connectivity index (χ4v) is 4.38.